The van der Waals surface area contributed by atoms with E-state index in [4.69, 9.17) is 4.74 Å². The van der Waals surface area contributed by atoms with E-state index in [1.807, 2.05) is 38.2 Å². The van der Waals surface area contributed by atoms with Gasteiger partial charge < -0.3 is 10.1 Å². The van der Waals surface area contributed by atoms with Crippen LogP contribution in [-0.4, -0.2) is 26.0 Å². The highest BCUT2D eigenvalue weighted by Gasteiger charge is 2.10. The van der Waals surface area contributed by atoms with Gasteiger partial charge in [-0.05, 0) is 25.6 Å². The third-order valence-electron chi connectivity index (χ3n) is 2.25. The molecular weight excluding hydrogens is 202 g/mol. The Hall–Kier alpha value is -1.35. The topological polar surface area (TPSA) is 38.3 Å². The number of Topliss-reactive ketones (excluding diaryl/α,β-unsaturated/α-hetero) is 1. The number of benzene rings is 1. The molecule has 0 unspecified atom stereocenters. The summed E-state index contributed by atoms with van der Waals surface area (Å²) in [6.07, 6.45) is 1.45. The monoisotopic (exact) mass is 221 g/mol. The average molecular weight is 221 g/mol. The lowest BCUT2D eigenvalue weighted by Crippen LogP contribution is -2.14. The molecule has 0 saturated carbocycles. The maximum atomic E-state index is 11.9. The molecule has 1 aromatic rings. The van der Waals surface area contributed by atoms with Crippen molar-refractivity contribution in [3.05, 3.63) is 29.8 Å². The number of carbonyl (C=O) groups is 1. The Balaban J connectivity index is 2.73. The maximum Gasteiger partial charge on any atom is 0.167 e. The Morgan fingerprint density at radius 2 is 2.12 bits per heavy atom. The van der Waals surface area contributed by atoms with E-state index in [1.165, 1.54) is 0 Å². The van der Waals surface area contributed by atoms with Gasteiger partial charge >= 0.3 is 0 Å². The second kappa shape index (κ2) is 7.01. The average Bonchev–Trinajstić information content (AvgIpc) is 2.33. The zero-order valence-electron chi connectivity index (χ0n) is 9.95. The number of carbonyl (C=O) groups excluding carboxylic acids is 1. The van der Waals surface area contributed by atoms with Gasteiger partial charge in [0.05, 0.1) is 12.2 Å². The molecule has 1 rings (SSSR count). The van der Waals surface area contributed by atoms with Crippen LogP contribution in [0.5, 0.6) is 5.75 Å². The fourth-order valence-corrected chi connectivity index (χ4v) is 1.41. The number of hydrogen-bond acceptors (Lipinski definition) is 3. The number of ketones is 1. The Labute approximate surface area is 96.8 Å². The summed E-state index contributed by atoms with van der Waals surface area (Å²) in [5.41, 5.74) is 0.686. The van der Waals surface area contributed by atoms with Crippen molar-refractivity contribution >= 4 is 5.78 Å². The first-order valence-electron chi connectivity index (χ1n) is 5.69. The van der Waals surface area contributed by atoms with Gasteiger partial charge in [-0.15, -0.1) is 0 Å². The maximum absolute atomic E-state index is 11.9. The van der Waals surface area contributed by atoms with Gasteiger partial charge in [0.15, 0.2) is 5.78 Å². The largest absolute Gasteiger partial charge is 0.493 e. The van der Waals surface area contributed by atoms with Crippen LogP contribution >= 0.6 is 0 Å². The lowest BCUT2D eigenvalue weighted by molar-refractivity contribution is 0.0979. The first-order chi connectivity index (χ1) is 7.79. The number of hydrogen-bond donors (Lipinski definition) is 1. The van der Waals surface area contributed by atoms with Gasteiger partial charge in [0.25, 0.3) is 0 Å². The number of ether oxygens (including phenoxy) is 1. The summed E-state index contributed by atoms with van der Waals surface area (Å²) in [5, 5.41) is 2.97. The summed E-state index contributed by atoms with van der Waals surface area (Å²) in [6, 6.07) is 7.43. The van der Waals surface area contributed by atoms with Gasteiger partial charge in [-0.25, -0.2) is 0 Å². The highest BCUT2D eigenvalue weighted by Crippen LogP contribution is 2.19. The predicted octanol–water partition coefficient (Wildman–Crippen LogP) is 2.27. The Bertz CT molecular complexity index is 336. The fraction of sp³-hybridized carbons (Fsp3) is 0.462. The predicted molar refractivity (Wildman–Crippen MR) is 65.1 cm³/mol. The van der Waals surface area contributed by atoms with Crippen molar-refractivity contribution in [1.29, 1.82) is 0 Å². The number of nitrogens with one attached hydrogen (secondary N) is 1. The second-order valence-electron chi connectivity index (χ2n) is 3.62. The van der Waals surface area contributed by atoms with Crippen LogP contribution in [0.3, 0.4) is 0 Å². The summed E-state index contributed by atoms with van der Waals surface area (Å²) >= 11 is 0. The normalized spacial score (nSPS) is 10.1. The summed E-state index contributed by atoms with van der Waals surface area (Å²) < 4.78 is 5.55. The molecule has 0 amide bonds. The van der Waals surface area contributed by atoms with Crippen LogP contribution in [-0.2, 0) is 0 Å². The molecule has 3 heteroatoms. The van der Waals surface area contributed by atoms with E-state index in [1.54, 1.807) is 0 Å². The van der Waals surface area contributed by atoms with Crippen molar-refractivity contribution in [3.63, 3.8) is 0 Å². The van der Waals surface area contributed by atoms with Gasteiger partial charge in [0, 0.05) is 13.0 Å². The van der Waals surface area contributed by atoms with E-state index in [0.717, 1.165) is 6.42 Å². The van der Waals surface area contributed by atoms with Crippen LogP contribution in [0, 0.1) is 0 Å². The van der Waals surface area contributed by atoms with Crippen LogP contribution < -0.4 is 10.1 Å². The van der Waals surface area contributed by atoms with Gasteiger partial charge in [0.2, 0.25) is 0 Å². The van der Waals surface area contributed by atoms with E-state index in [2.05, 4.69) is 5.32 Å². The van der Waals surface area contributed by atoms with Gasteiger partial charge in [-0.3, -0.25) is 4.79 Å². The molecule has 0 radical (unpaired) electrons. The minimum absolute atomic E-state index is 0.126. The molecule has 0 atom stereocenters. The molecule has 0 aromatic heterocycles. The Kier molecular flexibility index (Phi) is 5.57. The van der Waals surface area contributed by atoms with E-state index >= 15 is 0 Å². The Morgan fingerprint density at radius 1 is 1.38 bits per heavy atom. The van der Waals surface area contributed by atoms with E-state index in [-0.39, 0.29) is 5.78 Å². The van der Waals surface area contributed by atoms with Gasteiger partial charge in [0.1, 0.15) is 5.75 Å². The van der Waals surface area contributed by atoms with Crippen molar-refractivity contribution in [2.45, 2.75) is 19.8 Å². The van der Waals surface area contributed by atoms with Crippen LogP contribution in [0.2, 0.25) is 0 Å². The highest BCUT2D eigenvalue weighted by atomic mass is 16.5. The number of rotatable bonds is 7. The zero-order chi connectivity index (χ0) is 11.8. The molecule has 1 aromatic carbocycles. The molecule has 0 saturated heterocycles. The Morgan fingerprint density at radius 3 is 2.81 bits per heavy atom. The van der Waals surface area contributed by atoms with Crippen LogP contribution in [0.15, 0.2) is 24.3 Å². The molecule has 0 bridgehead atoms. The second-order valence-corrected chi connectivity index (χ2v) is 3.62. The standard InChI is InChI=1S/C13H19NO2/c1-3-10-16-13-7-5-4-6-11(13)12(15)8-9-14-2/h4-7,14H,3,8-10H2,1-2H3. The molecule has 1 N–H and O–H groups in total. The molecular formula is C13H19NO2. The van der Waals surface area contributed by atoms with Crippen LogP contribution in [0.1, 0.15) is 30.1 Å². The summed E-state index contributed by atoms with van der Waals surface area (Å²) in [6.45, 7) is 3.39. The molecule has 0 aliphatic heterocycles. The first kappa shape index (κ1) is 12.7. The van der Waals surface area contributed by atoms with Crippen LogP contribution in [0.4, 0.5) is 0 Å². The zero-order valence-corrected chi connectivity index (χ0v) is 9.95. The smallest absolute Gasteiger partial charge is 0.167 e. The quantitative estimate of drug-likeness (QED) is 0.718. The fourth-order valence-electron chi connectivity index (χ4n) is 1.41. The van der Waals surface area contributed by atoms with Crippen molar-refractivity contribution in [2.75, 3.05) is 20.2 Å². The number of para-hydroxylation sites is 1. The van der Waals surface area contributed by atoms with Gasteiger partial charge in [-0.1, -0.05) is 19.1 Å². The molecule has 0 aliphatic rings. The molecule has 0 aliphatic carbocycles. The molecule has 16 heavy (non-hydrogen) atoms. The van der Waals surface area contributed by atoms with E-state index < -0.39 is 0 Å². The van der Waals surface area contributed by atoms with E-state index in [9.17, 15) is 4.79 Å². The molecule has 3 nitrogen and oxygen atoms in total. The third kappa shape index (κ3) is 3.66. The molecule has 0 heterocycles. The molecule has 0 spiro atoms. The van der Waals surface area contributed by atoms with E-state index in [0.29, 0.717) is 30.9 Å². The first-order valence-corrected chi connectivity index (χ1v) is 5.69. The minimum atomic E-state index is 0.126. The summed E-state index contributed by atoms with van der Waals surface area (Å²) in [4.78, 5) is 11.9. The van der Waals surface area contributed by atoms with Crippen LogP contribution in [0.25, 0.3) is 0 Å². The summed E-state index contributed by atoms with van der Waals surface area (Å²) in [7, 11) is 1.84. The van der Waals surface area contributed by atoms with Crippen molar-refractivity contribution in [2.24, 2.45) is 0 Å². The minimum Gasteiger partial charge on any atom is -0.493 e. The lowest BCUT2D eigenvalue weighted by atomic mass is 10.1. The summed E-state index contributed by atoms with van der Waals surface area (Å²) in [5.74, 6) is 0.825. The third-order valence-corrected chi connectivity index (χ3v) is 2.25. The SMILES string of the molecule is CCCOc1ccccc1C(=O)CCNC. The van der Waals surface area contributed by atoms with Crippen molar-refractivity contribution < 1.29 is 9.53 Å². The molecule has 88 valence electrons. The lowest BCUT2D eigenvalue weighted by Gasteiger charge is -2.09. The van der Waals surface area contributed by atoms with Crippen molar-refractivity contribution in [3.8, 4) is 5.75 Å². The molecule has 0 fully saturated rings. The highest BCUT2D eigenvalue weighted by molar-refractivity contribution is 5.98. The van der Waals surface area contributed by atoms with Crippen molar-refractivity contribution in [1.82, 2.24) is 5.32 Å². The van der Waals surface area contributed by atoms with Gasteiger partial charge in [-0.2, -0.15) is 0 Å².